The highest BCUT2D eigenvalue weighted by molar-refractivity contribution is 7.90. The number of hydrogen-bond acceptors (Lipinski definition) is 4. The summed E-state index contributed by atoms with van der Waals surface area (Å²) < 4.78 is 135. The van der Waals surface area contributed by atoms with E-state index in [1.165, 1.54) is 0 Å². The Morgan fingerprint density at radius 1 is 0.893 bits per heavy atom. The lowest BCUT2D eigenvalue weighted by atomic mass is 10.00. The third-order valence-corrected chi connectivity index (χ3v) is 7.17. The first-order valence-corrected chi connectivity index (χ1v) is 11.4. The Labute approximate surface area is 161 Å². The van der Waals surface area contributed by atoms with Crippen LogP contribution in [0.5, 0.6) is 0 Å². The second-order valence-corrected chi connectivity index (χ2v) is 9.91. The van der Waals surface area contributed by atoms with Crippen LogP contribution in [0.3, 0.4) is 0 Å². The SMILES string of the molecule is CCCCCC(C)CCN(CC)S(=O)(=O)C(F)(F)C(F)(F)C(F)(F)S(=O)(=O)O. The monoisotopic (exact) mass is 465 g/mol. The van der Waals surface area contributed by atoms with E-state index in [-0.39, 0.29) is 16.6 Å². The first-order chi connectivity index (χ1) is 12.4. The van der Waals surface area contributed by atoms with Crippen LogP contribution in [0, 0.1) is 5.92 Å². The Balaban J connectivity index is 5.67. The topological polar surface area (TPSA) is 91.8 Å². The summed E-state index contributed by atoms with van der Waals surface area (Å²) in [5.41, 5.74) is 0. The minimum Gasteiger partial charge on any atom is -0.281 e. The summed E-state index contributed by atoms with van der Waals surface area (Å²) in [5.74, 6) is -7.06. The fraction of sp³-hybridized carbons (Fsp3) is 1.00. The van der Waals surface area contributed by atoms with Crippen molar-refractivity contribution in [2.24, 2.45) is 5.92 Å². The predicted octanol–water partition coefficient (Wildman–Crippen LogP) is 3.95. The van der Waals surface area contributed by atoms with Crippen molar-refractivity contribution >= 4 is 20.1 Å². The van der Waals surface area contributed by atoms with E-state index in [0.717, 1.165) is 26.2 Å². The minimum atomic E-state index is -7.02. The van der Waals surface area contributed by atoms with Crippen LogP contribution in [0.1, 0.15) is 52.9 Å². The molecule has 0 aliphatic heterocycles. The van der Waals surface area contributed by atoms with Gasteiger partial charge in [-0.1, -0.05) is 46.5 Å². The van der Waals surface area contributed by atoms with Gasteiger partial charge in [-0.2, -0.15) is 39.1 Å². The minimum absolute atomic E-state index is 0.00707. The number of unbranched alkanes of at least 4 members (excludes halogenated alkanes) is 2. The number of sulfonamides is 1. The Kier molecular flexibility index (Phi) is 9.27. The van der Waals surface area contributed by atoms with Crippen LogP contribution in [0.25, 0.3) is 0 Å². The van der Waals surface area contributed by atoms with Crippen molar-refractivity contribution in [3.05, 3.63) is 0 Å². The molecule has 28 heavy (non-hydrogen) atoms. The Bertz CT molecular complexity index is 712. The van der Waals surface area contributed by atoms with E-state index in [1.807, 2.05) is 6.92 Å². The first-order valence-electron chi connectivity index (χ1n) is 8.51. The lowest BCUT2D eigenvalue weighted by Gasteiger charge is -2.33. The molecule has 1 N–H and O–H groups in total. The van der Waals surface area contributed by atoms with E-state index >= 15 is 0 Å². The Morgan fingerprint density at radius 2 is 1.39 bits per heavy atom. The molecular weight excluding hydrogens is 440 g/mol. The average molecular weight is 465 g/mol. The number of halogens is 6. The molecule has 0 heterocycles. The van der Waals surface area contributed by atoms with E-state index < -0.39 is 49.7 Å². The van der Waals surface area contributed by atoms with Crippen LogP contribution in [0.4, 0.5) is 26.3 Å². The molecule has 0 bridgehead atoms. The van der Waals surface area contributed by atoms with Gasteiger partial charge >= 0.3 is 26.5 Å². The molecule has 0 amide bonds. The maximum Gasteiger partial charge on any atom is 0.439 e. The normalized spacial score (nSPS) is 15.8. The summed E-state index contributed by atoms with van der Waals surface area (Å²) >= 11 is 0. The third-order valence-electron chi connectivity index (χ3n) is 4.24. The zero-order chi connectivity index (χ0) is 22.6. The molecule has 0 fully saturated rings. The smallest absolute Gasteiger partial charge is 0.281 e. The molecule has 0 aromatic carbocycles. The van der Waals surface area contributed by atoms with Crippen LogP contribution >= 0.6 is 0 Å². The molecule has 0 aromatic rings. The molecule has 170 valence electrons. The second kappa shape index (κ2) is 9.47. The van der Waals surface area contributed by atoms with E-state index in [9.17, 15) is 43.2 Å². The van der Waals surface area contributed by atoms with Crippen molar-refractivity contribution in [3.8, 4) is 0 Å². The highest BCUT2D eigenvalue weighted by Gasteiger charge is 2.82. The van der Waals surface area contributed by atoms with Crippen molar-refractivity contribution in [3.63, 3.8) is 0 Å². The van der Waals surface area contributed by atoms with E-state index in [2.05, 4.69) is 0 Å². The number of alkyl halides is 6. The van der Waals surface area contributed by atoms with Crippen molar-refractivity contribution in [1.29, 1.82) is 0 Å². The maximum absolute atomic E-state index is 14.0. The molecule has 0 saturated carbocycles. The van der Waals surface area contributed by atoms with Crippen LogP contribution < -0.4 is 0 Å². The number of hydrogen-bond donors (Lipinski definition) is 1. The summed E-state index contributed by atoms with van der Waals surface area (Å²) in [6, 6.07) is 0. The molecule has 0 rings (SSSR count). The van der Waals surface area contributed by atoms with Gasteiger partial charge in [0.25, 0.3) is 10.0 Å². The molecule has 14 heteroatoms. The Hall–Kier alpha value is -0.600. The third kappa shape index (κ3) is 5.30. The molecule has 0 aliphatic carbocycles. The number of nitrogens with zero attached hydrogens (tertiary/aromatic N) is 1. The maximum atomic E-state index is 14.0. The van der Waals surface area contributed by atoms with Crippen LogP contribution in [0.15, 0.2) is 0 Å². The van der Waals surface area contributed by atoms with Crippen molar-refractivity contribution in [1.82, 2.24) is 4.31 Å². The van der Waals surface area contributed by atoms with E-state index in [0.29, 0.717) is 6.42 Å². The fourth-order valence-electron chi connectivity index (χ4n) is 2.36. The standard InChI is InChI=1S/C14H25F6NO5S2/c1-4-6-7-8-11(3)9-10-21(5-2)27(22,23)13(17,18)12(15,16)14(19,20)28(24,25)26/h11H,4-10H2,1-3H3,(H,24,25,26). The van der Waals surface area contributed by atoms with Gasteiger partial charge in [0.2, 0.25) is 0 Å². The van der Waals surface area contributed by atoms with Gasteiger partial charge in [-0.25, -0.2) is 8.42 Å². The lowest BCUT2D eigenvalue weighted by molar-refractivity contribution is -0.246. The fourth-order valence-corrected chi connectivity index (χ4v) is 4.33. The average Bonchev–Trinajstić information content (AvgIpc) is 2.53. The summed E-state index contributed by atoms with van der Waals surface area (Å²) in [7, 11) is -13.4. The predicted molar refractivity (Wildman–Crippen MR) is 90.5 cm³/mol. The van der Waals surface area contributed by atoms with Crippen LogP contribution in [-0.2, 0) is 20.1 Å². The zero-order valence-corrected chi connectivity index (χ0v) is 17.3. The molecule has 6 nitrogen and oxygen atoms in total. The van der Waals surface area contributed by atoms with Crippen molar-refractivity contribution in [2.45, 2.75) is 69.3 Å². The molecule has 0 radical (unpaired) electrons. The van der Waals surface area contributed by atoms with Crippen molar-refractivity contribution in [2.75, 3.05) is 13.1 Å². The second-order valence-electron chi connectivity index (χ2n) is 6.47. The van der Waals surface area contributed by atoms with Gasteiger partial charge in [0.05, 0.1) is 0 Å². The van der Waals surface area contributed by atoms with Gasteiger partial charge in [-0.3, -0.25) is 4.55 Å². The van der Waals surface area contributed by atoms with Gasteiger partial charge in [-0.05, 0) is 12.3 Å². The van der Waals surface area contributed by atoms with Gasteiger partial charge in [-0.15, -0.1) is 0 Å². The largest absolute Gasteiger partial charge is 0.439 e. The molecule has 0 spiro atoms. The van der Waals surface area contributed by atoms with Gasteiger partial charge in [0, 0.05) is 13.1 Å². The quantitative estimate of drug-likeness (QED) is 0.253. The highest BCUT2D eigenvalue weighted by Crippen LogP contribution is 2.51. The summed E-state index contributed by atoms with van der Waals surface area (Å²) in [4.78, 5) is 0. The van der Waals surface area contributed by atoms with E-state index in [1.54, 1.807) is 6.92 Å². The highest BCUT2D eigenvalue weighted by atomic mass is 32.2. The molecule has 0 saturated heterocycles. The molecule has 1 atom stereocenters. The summed E-state index contributed by atoms with van der Waals surface area (Å²) in [5, 5.41) is -13.2. The van der Waals surface area contributed by atoms with Gasteiger partial charge < -0.3 is 0 Å². The first kappa shape index (κ1) is 27.4. The molecular formula is C14H25F6NO5S2. The summed E-state index contributed by atoms with van der Waals surface area (Å²) in [6.07, 6.45) is 3.21. The zero-order valence-electron chi connectivity index (χ0n) is 15.6. The lowest BCUT2D eigenvalue weighted by Crippen LogP contribution is -2.63. The van der Waals surface area contributed by atoms with Crippen LogP contribution in [0.2, 0.25) is 0 Å². The Morgan fingerprint density at radius 3 is 1.79 bits per heavy atom. The van der Waals surface area contributed by atoms with Crippen molar-refractivity contribution < 1.29 is 47.7 Å². The number of rotatable bonds is 13. The van der Waals surface area contributed by atoms with Gasteiger partial charge in [0.1, 0.15) is 0 Å². The molecule has 1 unspecified atom stereocenters. The molecule has 0 aliphatic rings. The van der Waals surface area contributed by atoms with E-state index in [4.69, 9.17) is 4.55 Å². The van der Waals surface area contributed by atoms with Crippen LogP contribution in [-0.4, -0.2) is 55.2 Å². The van der Waals surface area contributed by atoms with Gasteiger partial charge in [0.15, 0.2) is 0 Å². The molecule has 0 aromatic heterocycles. The summed E-state index contributed by atoms with van der Waals surface area (Å²) in [6.45, 7) is 3.30.